The zero-order valence-electron chi connectivity index (χ0n) is 10.8. The molecule has 0 atom stereocenters. The maximum Gasteiger partial charge on any atom is 0.269 e. The molecule has 1 saturated heterocycles. The third kappa shape index (κ3) is 2.70. The molecule has 0 aliphatic carbocycles. The highest BCUT2D eigenvalue weighted by Crippen LogP contribution is 2.17. The van der Waals surface area contributed by atoms with E-state index in [1.807, 2.05) is 0 Å². The first-order valence-electron chi connectivity index (χ1n) is 6.52. The molecule has 1 aromatic heterocycles. The van der Waals surface area contributed by atoms with Crippen LogP contribution in [0.15, 0.2) is 30.3 Å². The van der Waals surface area contributed by atoms with E-state index in [-0.39, 0.29) is 11.7 Å². The SMILES string of the molecule is O=C(NCC1CNC1)c1cc(-c2ccc(F)cc2)n[nH]1. The van der Waals surface area contributed by atoms with Gasteiger partial charge in [0.05, 0.1) is 5.69 Å². The molecular formula is C14H15FN4O. The minimum absolute atomic E-state index is 0.169. The lowest BCUT2D eigenvalue weighted by molar-refractivity contribution is 0.0937. The number of hydrogen-bond donors (Lipinski definition) is 3. The molecule has 1 amide bonds. The van der Waals surface area contributed by atoms with Gasteiger partial charge in [-0.3, -0.25) is 9.89 Å². The number of amides is 1. The molecule has 6 heteroatoms. The van der Waals surface area contributed by atoms with Gasteiger partial charge in [0, 0.05) is 31.1 Å². The van der Waals surface area contributed by atoms with Gasteiger partial charge >= 0.3 is 0 Å². The highest BCUT2D eigenvalue weighted by atomic mass is 19.1. The van der Waals surface area contributed by atoms with Gasteiger partial charge in [-0.1, -0.05) is 0 Å². The first-order chi connectivity index (χ1) is 9.72. The van der Waals surface area contributed by atoms with Crippen molar-refractivity contribution >= 4 is 5.91 Å². The van der Waals surface area contributed by atoms with E-state index in [0.29, 0.717) is 23.9 Å². The van der Waals surface area contributed by atoms with Crippen LogP contribution in [0, 0.1) is 11.7 Å². The first-order valence-corrected chi connectivity index (χ1v) is 6.52. The molecule has 3 N–H and O–H groups in total. The Morgan fingerprint density at radius 3 is 2.75 bits per heavy atom. The van der Waals surface area contributed by atoms with Gasteiger partial charge in [0.2, 0.25) is 0 Å². The Labute approximate surface area is 115 Å². The van der Waals surface area contributed by atoms with Gasteiger partial charge in [0.1, 0.15) is 11.5 Å². The average Bonchev–Trinajstić information content (AvgIpc) is 2.87. The van der Waals surface area contributed by atoms with Crippen molar-refractivity contribution in [2.24, 2.45) is 5.92 Å². The van der Waals surface area contributed by atoms with Crippen LogP contribution in [0.5, 0.6) is 0 Å². The lowest BCUT2D eigenvalue weighted by Gasteiger charge is -2.26. The molecule has 1 aromatic carbocycles. The van der Waals surface area contributed by atoms with Gasteiger partial charge < -0.3 is 10.6 Å². The summed E-state index contributed by atoms with van der Waals surface area (Å²) in [6, 6.07) is 7.67. The molecule has 2 aromatic rings. The van der Waals surface area contributed by atoms with E-state index in [9.17, 15) is 9.18 Å². The molecule has 0 bridgehead atoms. The molecule has 5 nitrogen and oxygen atoms in total. The molecule has 20 heavy (non-hydrogen) atoms. The summed E-state index contributed by atoms with van der Waals surface area (Å²) < 4.78 is 12.9. The molecular weight excluding hydrogens is 259 g/mol. The largest absolute Gasteiger partial charge is 0.350 e. The van der Waals surface area contributed by atoms with Crippen LogP contribution in [0.2, 0.25) is 0 Å². The van der Waals surface area contributed by atoms with E-state index >= 15 is 0 Å². The van der Waals surface area contributed by atoms with Crippen LogP contribution >= 0.6 is 0 Å². The Bertz CT molecular complexity index is 604. The second-order valence-corrected chi connectivity index (χ2v) is 4.91. The van der Waals surface area contributed by atoms with E-state index in [1.165, 1.54) is 12.1 Å². The predicted molar refractivity (Wildman–Crippen MR) is 72.7 cm³/mol. The van der Waals surface area contributed by atoms with E-state index in [4.69, 9.17) is 0 Å². The second-order valence-electron chi connectivity index (χ2n) is 4.91. The summed E-state index contributed by atoms with van der Waals surface area (Å²) in [7, 11) is 0. The number of carbonyl (C=O) groups is 1. The van der Waals surface area contributed by atoms with E-state index in [0.717, 1.165) is 18.7 Å². The maximum absolute atomic E-state index is 12.9. The first kappa shape index (κ1) is 12.8. The van der Waals surface area contributed by atoms with Crippen molar-refractivity contribution in [2.45, 2.75) is 0 Å². The third-order valence-electron chi connectivity index (χ3n) is 3.38. The Balaban J connectivity index is 1.66. The summed E-state index contributed by atoms with van der Waals surface area (Å²) in [4.78, 5) is 11.9. The molecule has 0 unspecified atom stereocenters. The lowest BCUT2D eigenvalue weighted by atomic mass is 10.0. The summed E-state index contributed by atoms with van der Waals surface area (Å²) in [5.74, 6) is 0.0487. The number of carbonyl (C=O) groups excluding carboxylic acids is 1. The van der Waals surface area contributed by atoms with Gasteiger partial charge in [0.15, 0.2) is 0 Å². The highest BCUT2D eigenvalue weighted by Gasteiger charge is 2.18. The zero-order valence-corrected chi connectivity index (χ0v) is 10.8. The van der Waals surface area contributed by atoms with Gasteiger partial charge in [-0.05, 0) is 30.3 Å². The number of rotatable bonds is 4. The fourth-order valence-corrected chi connectivity index (χ4v) is 2.03. The molecule has 1 fully saturated rings. The van der Waals surface area contributed by atoms with Crippen LogP contribution in [-0.2, 0) is 0 Å². The number of aromatic nitrogens is 2. The van der Waals surface area contributed by atoms with Crippen LogP contribution in [0.1, 0.15) is 10.5 Å². The van der Waals surface area contributed by atoms with Gasteiger partial charge in [-0.25, -0.2) is 4.39 Å². The van der Waals surface area contributed by atoms with E-state index < -0.39 is 0 Å². The van der Waals surface area contributed by atoms with Crippen molar-refractivity contribution in [2.75, 3.05) is 19.6 Å². The number of aromatic amines is 1. The molecule has 104 valence electrons. The van der Waals surface area contributed by atoms with Crippen molar-refractivity contribution in [3.63, 3.8) is 0 Å². The number of nitrogens with one attached hydrogen (secondary N) is 3. The zero-order chi connectivity index (χ0) is 13.9. The topological polar surface area (TPSA) is 69.8 Å². The Morgan fingerprint density at radius 2 is 2.10 bits per heavy atom. The van der Waals surface area contributed by atoms with Crippen LogP contribution in [0.25, 0.3) is 11.3 Å². The van der Waals surface area contributed by atoms with Crippen LogP contribution < -0.4 is 10.6 Å². The number of nitrogens with zero attached hydrogens (tertiary/aromatic N) is 1. The molecule has 0 saturated carbocycles. The number of H-pyrrole nitrogens is 1. The monoisotopic (exact) mass is 274 g/mol. The Morgan fingerprint density at radius 1 is 1.35 bits per heavy atom. The predicted octanol–water partition coefficient (Wildman–Crippen LogP) is 1.16. The molecule has 1 aliphatic heterocycles. The smallest absolute Gasteiger partial charge is 0.269 e. The number of benzene rings is 1. The molecule has 2 heterocycles. The minimum atomic E-state index is -0.295. The van der Waals surface area contributed by atoms with E-state index in [2.05, 4.69) is 20.8 Å². The summed E-state index contributed by atoms with van der Waals surface area (Å²) >= 11 is 0. The van der Waals surface area contributed by atoms with Crippen molar-refractivity contribution in [3.8, 4) is 11.3 Å². The number of halogens is 1. The Hall–Kier alpha value is -2.21. The fourth-order valence-electron chi connectivity index (χ4n) is 2.03. The van der Waals surface area contributed by atoms with Crippen LogP contribution in [0.3, 0.4) is 0 Å². The van der Waals surface area contributed by atoms with Crippen molar-refractivity contribution in [1.82, 2.24) is 20.8 Å². The molecule has 3 rings (SSSR count). The fraction of sp³-hybridized carbons (Fsp3) is 0.286. The van der Waals surface area contributed by atoms with Crippen molar-refractivity contribution in [3.05, 3.63) is 41.8 Å². The van der Waals surface area contributed by atoms with Crippen molar-refractivity contribution < 1.29 is 9.18 Å². The van der Waals surface area contributed by atoms with Crippen molar-refractivity contribution in [1.29, 1.82) is 0 Å². The average molecular weight is 274 g/mol. The van der Waals surface area contributed by atoms with Gasteiger partial charge in [-0.2, -0.15) is 5.10 Å². The second kappa shape index (κ2) is 5.42. The molecule has 0 spiro atoms. The standard InChI is InChI=1S/C14H15FN4O/c15-11-3-1-10(2-4-11)12-5-13(19-18-12)14(20)17-8-9-6-16-7-9/h1-5,9,16H,6-8H2,(H,17,20)(H,18,19). The minimum Gasteiger partial charge on any atom is -0.350 e. The summed E-state index contributed by atoms with van der Waals surface area (Å²) in [5, 5.41) is 12.8. The van der Waals surface area contributed by atoms with Gasteiger partial charge in [-0.15, -0.1) is 0 Å². The quantitative estimate of drug-likeness (QED) is 0.783. The Kier molecular flexibility index (Phi) is 3.47. The van der Waals surface area contributed by atoms with Gasteiger partial charge in [0.25, 0.3) is 5.91 Å². The molecule has 0 radical (unpaired) electrons. The third-order valence-corrected chi connectivity index (χ3v) is 3.38. The lowest BCUT2D eigenvalue weighted by Crippen LogP contribution is -2.48. The van der Waals surface area contributed by atoms with Crippen LogP contribution in [-0.4, -0.2) is 35.7 Å². The highest BCUT2D eigenvalue weighted by molar-refractivity contribution is 5.93. The maximum atomic E-state index is 12.9. The summed E-state index contributed by atoms with van der Waals surface area (Å²) in [6.07, 6.45) is 0. The molecule has 1 aliphatic rings. The summed E-state index contributed by atoms with van der Waals surface area (Å²) in [6.45, 7) is 2.56. The van der Waals surface area contributed by atoms with E-state index in [1.54, 1.807) is 18.2 Å². The summed E-state index contributed by atoms with van der Waals surface area (Å²) in [5.41, 5.74) is 1.81. The van der Waals surface area contributed by atoms with Crippen LogP contribution in [0.4, 0.5) is 4.39 Å². The number of hydrogen-bond acceptors (Lipinski definition) is 3. The normalized spacial score (nSPS) is 14.8.